The van der Waals surface area contributed by atoms with Gasteiger partial charge in [-0.25, -0.2) is 0 Å². The maximum Gasteiger partial charge on any atom is 0.221 e. The summed E-state index contributed by atoms with van der Waals surface area (Å²) in [5.41, 5.74) is 0. The highest BCUT2D eigenvalue weighted by atomic mass is 32.2. The summed E-state index contributed by atoms with van der Waals surface area (Å²) in [6.45, 7) is 1.98. The third kappa shape index (κ3) is 3.72. The van der Waals surface area contributed by atoms with Gasteiger partial charge in [0.15, 0.2) is 5.82 Å². The minimum Gasteiger partial charge on any atom is -0.346 e. The lowest BCUT2D eigenvalue weighted by molar-refractivity contribution is -0.121. The van der Waals surface area contributed by atoms with Crippen LogP contribution in [0.2, 0.25) is 0 Å². The maximum absolute atomic E-state index is 11.8. The van der Waals surface area contributed by atoms with Gasteiger partial charge in [0.2, 0.25) is 5.91 Å². The van der Waals surface area contributed by atoms with Gasteiger partial charge in [0.05, 0.1) is 6.04 Å². The molecule has 2 rings (SSSR count). The normalized spacial score (nSPS) is 17.6. The van der Waals surface area contributed by atoms with E-state index in [4.69, 9.17) is 0 Å². The van der Waals surface area contributed by atoms with Crippen LogP contribution in [0.15, 0.2) is 6.33 Å². The van der Waals surface area contributed by atoms with Crippen molar-refractivity contribution in [3.05, 3.63) is 12.2 Å². The zero-order chi connectivity index (χ0) is 13.7. The summed E-state index contributed by atoms with van der Waals surface area (Å²) < 4.78 is 2.15. The summed E-state index contributed by atoms with van der Waals surface area (Å²) in [6.07, 6.45) is 9.30. The number of carbonyl (C=O) groups excluding carboxylic acids is 1. The Kier molecular flexibility index (Phi) is 5.24. The van der Waals surface area contributed by atoms with Crippen molar-refractivity contribution >= 4 is 17.7 Å². The molecule has 0 saturated heterocycles. The maximum atomic E-state index is 11.8. The molecule has 0 aliphatic heterocycles. The molecule has 1 aliphatic carbocycles. The molecule has 0 bridgehead atoms. The Bertz CT molecular complexity index is 415. The van der Waals surface area contributed by atoms with Crippen molar-refractivity contribution in [2.75, 3.05) is 12.0 Å². The summed E-state index contributed by atoms with van der Waals surface area (Å²) in [5.74, 6) is 1.82. The van der Waals surface area contributed by atoms with Gasteiger partial charge in [-0.2, -0.15) is 11.8 Å². The smallest absolute Gasteiger partial charge is 0.221 e. The molecular formula is C13H22N4OS. The van der Waals surface area contributed by atoms with Gasteiger partial charge in [0.25, 0.3) is 0 Å². The topological polar surface area (TPSA) is 59.8 Å². The second-order valence-corrected chi connectivity index (χ2v) is 6.05. The van der Waals surface area contributed by atoms with Gasteiger partial charge in [0.1, 0.15) is 6.33 Å². The first-order valence-electron chi connectivity index (χ1n) is 6.90. The molecule has 5 nitrogen and oxygen atoms in total. The summed E-state index contributed by atoms with van der Waals surface area (Å²) in [6, 6.07) is 0.438. The Morgan fingerprint density at radius 1 is 1.58 bits per heavy atom. The number of nitrogens with zero attached hydrogens (tertiary/aromatic N) is 3. The first-order valence-corrected chi connectivity index (χ1v) is 8.29. The minimum absolute atomic E-state index is 0.0718. The van der Waals surface area contributed by atoms with Crippen molar-refractivity contribution in [3.8, 4) is 0 Å². The summed E-state index contributed by atoms with van der Waals surface area (Å²) in [4.78, 5) is 11.8. The molecule has 106 valence electrons. The van der Waals surface area contributed by atoms with Gasteiger partial charge in [0, 0.05) is 18.2 Å². The van der Waals surface area contributed by atoms with E-state index in [-0.39, 0.29) is 11.9 Å². The average molecular weight is 282 g/mol. The van der Waals surface area contributed by atoms with Crippen molar-refractivity contribution < 1.29 is 4.79 Å². The zero-order valence-electron chi connectivity index (χ0n) is 11.6. The molecule has 1 saturated carbocycles. The van der Waals surface area contributed by atoms with E-state index in [0.717, 1.165) is 11.6 Å². The van der Waals surface area contributed by atoms with E-state index in [1.165, 1.54) is 25.7 Å². The molecule has 0 aromatic carbocycles. The first-order chi connectivity index (χ1) is 9.22. The van der Waals surface area contributed by atoms with Crippen LogP contribution >= 0.6 is 11.8 Å². The van der Waals surface area contributed by atoms with Crippen LogP contribution < -0.4 is 5.32 Å². The largest absolute Gasteiger partial charge is 0.346 e. The Morgan fingerprint density at radius 3 is 3.00 bits per heavy atom. The summed E-state index contributed by atoms with van der Waals surface area (Å²) >= 11 is 1.68. The number of amides is 1. The molecule has 1 aromatic rings. The predicted molar refractivity (Wildman–Crippen MR) is 77.1 cm³/mol. The third-order valence-electron chi connectivity index (χ3n) is 3.62. The highest BCUT2D eigenvalue weighted by Gasteiger charge is 2.23. The van der Waals surface area contributed by atoms with Gasteiger partial charge < -0.3 is 9.88 Å². The fourth-order valence-corrected chi connectivity index (χ4v) is 2.99. The number of hydrogen-bond donors (Lipinski definition) is 1. The highest BCUT2D eigenvalue weighted by Crippen LogP contribution is 2.31. The van der Waals surface area contributed by atoms with Crippen LogP contribution in [0.1, 0.15) is 56.9 Å². The van der Waals surface area contributed by atoms with E-state index < -0.39 is 0 Å². The van der Waals surface area contributed by atoms with Crippen LogP contribution in [0.4, 0.5) is 0 Å². The number of nitrogens with one attached hydrogen (secondary N) is 1. The van der Waals surface area contributed by atoms with Crippen molar-refractivity contribution in [1.82, 2.24) is 20.1 Å². The lowest BCUT2D eigenvalue weighted by Gasteiger charge is -2.18. The molecule has 0 spiro atoms. The van der Waals surface area contributed by atoms with Gasteiger partial charge in [-0.3, -0.25) is 4.79 Å². The van der Waals surface area contributed by atoms with E-state index in [0.29, 0.717) is 12.5 Å². The standard InChI is InChI=1S/C13H22N4OS/c1-10(15-12(18)7-8-19-2)13-16-14-9-17(13)11-5-3-4-6-11/h9-11H,3-8H2,1-2H3,(H,15,18)/t10-/m0/s1. The van der Waals surface area contributed by atoms with Crippen LogP contribution in [0.5, 0.6) is 0 Å². The number of thioether (sulfide) groups is 1. The highest BCUT2D eigenvalue weighted by molar-refractivity contribution is 7.98. The summed E-state index contributed by atoms with van der Waals surface area (Å²) in [7, 11) is 0. The Balaban J connectivity index is 1.97. The Hall–Kier alpha value is -1.04. The number of aromatic nitrogens is 3. The quantitative estimate of drug-likeness (QED) is 0.870. The summed E-state index contributed by atoms with van der Waals surface area (Å²) in [5, 5.41) is 11.2. The molecule has 6 heteroatoms. The fourth-order valence-electron chi connectivity index (χ4n) is 2.60. The van der Waals surface area contributed by atoms with E-state index in [2.05, 4.69) is 20.1 Å². The van der Waals surface area contributed by atoms with Crippen LogP contribution in [-0.2, 0) is 4.79 Å². The molecule has 0 unspecified atom stereocenters. The molecule has 1 N–H and O–H groups in total. The van der Waals surface area contributed by atoms with E-state index >= 15 is 0 Å². The van der Waals surface area contributed by atoms with Crippen LogP contribution in [0.3, 0.4) is 0 Å². The minimum atomic E-state index is -0.0718. The number of carbonyl (C=O) groups is 1. The van der Waals surface area contributed by atoms with E-state index in [9.17, 15) is 4.79 Å². The monoisotopic (exact) mass is 282 g/mol. The lowest BCUT2D eigenvalue weighted by Crippen LogP contribution is -2.29. The molecule has 1 fully saturated rings. The molecule has 1 atom stereocenters. The second-order valence-electron chi connectivity index (χ2n) is 5.07. The molecule has 1 amide bonds. The van der Waals surface area contributed by atoms with Gasteiger partial charge in [-0.1, -0.05) is 12.8 Å². The van der Waals surface area contributed by atoms with Gasteiger partial charge >= 0.3 is 0 Å². The van der Waals surface area contributed by atoms with Crippen molar-refractivity contribution in [2.24, 2.45) is 0 Å². The average Bonchev–Trinajstić information content (AvgIpc) is 3.05. The Labute approximate surface area is 118 Å². The third-order valence-corrected chi connectivity index (χ3v) is 4.23. The van der Waals surface area contributed by atoms with Crippen LogP contribution in [0.25, 0.3) is 0 Å². The predicted octanol–water partition coefficient (Wildman–Crippen LogP) is 2.32. The van der Waals surface area contributed by atoms with Crippen molar-refractivity contribution in [2.45, 2.75) is 51.1 Å². The van der Waals surface area contributed by atoms with E-state index in [1.54, 1.807) is 18.1 Å². The number of hydrogen-bond acceptors (Lipinski definition) is 4. The van der Waals surface area contributed by atoms with Gasteiger partial charge in [-0.05, 0) is 26.0 Å². The zero-order valence-corrected chi connectivity index (χ0v) is 12.4. The van der Waals surface area contributed by atoms with Gasteiger partial charge in [-0.15, -0.1) is 10.2 Å². The van der Waals surface area contributed by atoms with Crippen LogP contribution in [-0.4, -0.2) is 32.7 Å². The number of rotatable bonds is 6. The fraction of sp³-hybridized carbons (Fsp3) is 0.769. The molecular weight excluding hydrogens is 260 g/mol. The molecule has 1 aromatic heterocycles. The van der Waals surface area contributed by atoms with Crippen molar-refractivity contribution in [1.29, 1.82) is 0 Å². The first kappa shape index (κ1) is 14.4. The molecule has 1 heterocycles. The van der Waals surface area contributed by atoms with Crippen LogP contribution in [0, 0.1) is 0 Å². The second kappa shape index (κ2) is 6.93. The van der Waals surface area contributed by atoms with E-state index in [1.807, 2.05) is 13.2 Å². The van der Waals surface area contributed by atoms with Crippen molar-refractivity contribution in [3.63, 3.8) is 0 Å². The molecule has 19 heavy (non-hydrogen) atoms. The molecule has 0 radical (unpaired) electrons. The Morgan fingerprint density at radius 2 is 2.32 bits per heavy atom. The molecule has 1 aliphatic rings. The SMILES string of the molecule is CSCCC(=O)N[C@@H](C)c1nncn1C1CCCC1. The lowest BCUT2D eigenvalue weighted by atomic mass is 10.2.